The number of benzene rings is 3. The Morgan fingerprint density at radius 1 is 0.974 bits per heavy atom. The third-order valence-corrected chi connectivity index (χ3v) is 7.68. The van der Waals surface area contributed by atoms with Gasteiger partial charge in [-0.3, -0.25) is 13.9 Å². The van der Waals surface area contributed by atoms with Gasteiger partial charge in [-0.2, -0.15) is 0 Å². The average molecular weight is 574 g/mol. The second-order valence-corrected chi connectivity index (χ2v) is 11.7. The van der Waals surface area contributed by atoms with Crippen LogP contribution in [0, 0.1) is 5.82 Å². The number of nitrogens with one attached hydrogen (secondary N) is 1. The lowest BCUT2D eigenvalue weighted by Gasteiger charge is -2.34. The highest BCUT2D eigenvalue weighted by atomic mass is 35.5. The Balaban J connectivity index is 2.07. The van der Waals surface area contributed by atoms with Crippen LogP contribution >= 0.6 is 11.6 Å². The molecule has 0 aliphatic heterocycles. The lowest BCUT2D eigenvalue weighted by Crippen LogP contribution is -2.54. The number of nitrogens with zero attached hydrogens (tertiary/aromatic N) is 2. The molecule has 0 radical (unpaired) electrons. The first-order valence-corrected chi connectivity index (χ1v) is 14.8. The van der Waals surface area contributed by atoms with Gasteiger partial charge in [0.25, 0.3) is 0 Å². The van der Waals surface area contributed by atoms with Crippen LogP contribution < -0.4 is 9.62 Å². The van der Waals surface area contributed by atoms with Crippen LogP contribution in [0.3, 0.4) is 0 Å². The van der Waals surface area contributed by atoms with E-state index in [2.05, 4.69) is 5.32 Å². The molecule has 0 saturated carbocycles. The molecule has 3 rings (SSSR count). The Morgan fingerprint density at radius 3 is 2.23 bits per heavy atom. The molecule has 0 heterocycles. The van der Waals surface area contributed by atoms with Crippen molar-refractivity contribution in [3.8, 4) is 0 Å². The zero-order valence-electron chi connectivity index (χ0n) is 22.2. The van der Waals surface area contributed by atoms with E-state index in [1.165, 1.54) is 23.1 Å². The Labute approximate surface area is 234 Å². The van der Waals surface area contributed by atoms with Crippen LogP contribution in [0.4, 0.5) is 10.1 Å². The molecule has 1 N–H and O–H groups in total. The predicted molar refractivity (Wildman–Crippen MR) is 152 cm³/mol. The Hall–Kier alpha value is -3.43. The molecule has 0 aliphatic rings. The number of anilines is 1. The molecule has 39 heavy (non-hydrogen) atoms. The first kappa shape index (κ1) is 30.1. The molecule has 0 spiro atoms. The van der Waals surface area contributed by atoms with Gasteiger partial charge in [-0.15, -0.1) is 0 Å². The first-order valence-electron chi connectivity index (χ1n) is 12.6. The number of rotatable bonds is 12. The fraction of sp³-hybridized carbons (Fsp3) is 0.310. The minimum Gasteiger partial charge on any atom is -0.352 e. The fourth-order valence-electron chi connectivity index (χ4n) is 4.08. The zero-order valence-corrected chi connectivity index (χ0v) is 23.8. The van der Waals surface area contributed by atoms with Gasteiger partial charge in [0.2, 0.25) is 21.8 Å². The molecule has 0 aromatic heterocycles. The summed E-state index contributed by atoms with van der Waals surface area (Å²) in [4.78, 5) is 28.9. The van der Waals surface area contributed by atoms with Gasteiger partial charge in [-0.1, -0.05) is 73.1 Å². The van der Waals surface area contributed by atoms with E-state index >= 15 is 0 Å². The van der Waals surface area contributed by atoms with Crippen molar-refractivity contribution in [1.82, 2.24) is 10.2 Å². The summed E-state index contributed by atoms with van der Waals surface area (Å²) in [6.07, 6.45) is 1.78. The molecular weight excluding hydrogens is 541 g/mol. The Morgan fingerprint density at radius 2 is 1.62 bits per heavy atom. The number of sulfonamides is 1. The number of amides is 2. The molecule has 10 heteroatoms. The molecule has 2 atom stereocenters. The molecule has 0 unspecified atom stereocenters. The molecule has 2 amide bonds. The van der Waals surface area contributed by atoms with E-state index in [0.29, 0.717) is 17.0 Å². The number of hydrogen-bond acceptors (Lipinski definition) is 4. The van der Waals surface area contributed by atoms with E-state index < -0.39 is 34.3 Å². The fourth-order valence-corrected chi connectivity index (χ4v) is 5.14. The highest BCUT2D eigenvalue weighted by Gasteiger charge is 2.34. The monoisotopic (exact) mass is 573 g/mol. The largest absolute Gasteiger partial charge is 0.352 e. The van der Waals surface area contributed by atoms with Gasteiger partial charge >= 0.3 is 0 Å². The highest BCUT2D eigenvalue weighted by molar-refractivity contribution is 7.92. The van der Waals surface area contributed by atoms with Crippen molar-refractivity contribution in [1.29, 1.82) is 0 Å². The van der Waals surface area contributed by atoms with Crippen molar-refractivity contribution >= 4 is 39.1 Å². The maximum atomic E-state index is 14.7. The molecule has 208 valence electrons. The summed E-state index contributed by atoms with van der Waals surface area (Å²) in [5, 5.41) is 3.41. The van der Waals surface area contributed by atoms with Gasteiger partial charge in [0.15, 0.2) is 0 Å². The molecule has 0 fully saturated rings. The second kappa shape index (κ2) is 13.6. The first-order chi connectivity index (χ1) is 18.5. The number of halogens is 2. The van der Waals surface area contributed by atoms with E-state index in [1.54, 1.807) is 24.3 Å². The van der Waals surface area contributed by atoms with Crippen LogP contribution in [-0.4, -0.2) is 50.0 Å². The Bertz CT molecular complexity index is 1390. The van der Waals surface area contributed by atoms with Gasteiger partial charge in [-0.25, -0.2) is 12.8 Å². The van der Waals surface area contributed by atoms with Gasteiger partial charge in [0.05, 0.1) is 11.9 Å². The SMILES string of the molecule is CC[C@H](C)NC(=O)[C@@H](Cc1ccccc1)N(Cc1cccc(Cl)c1)C(=O)CN(c1ccccc1F)S(C)(=O)=O. The van der Waals surface area contributed by atoms with E-state index in [4.69, 9.17) is 11.6 Å². The summed E-state index contributed by atoms with van der Waals surface area (Å²) in [5.74, 6) is -1.82. The summed E-state index contributed by atoms with van der Waals surface area (Å²) in [6, 6.07) is 20.3. The molecule has 0 aliphatic carbocycles. The summed E-state index contributed by atoms with van der Waals surface area (Å²) >= 11 is 6.20. The zero-order chi connectivity index (χ0) is 28.6. The molecule has 7 nitrogen and oxygen atoms in total. The van der Waals surface area contributed by atoms with Gasteiger partial charge in [-0.05, 0) is 48.7 Å². The molecular formula is C29H33ClFN3O4S. The minimum absolute atomic E-state index is 0.0142. The predicted octanol–water partition coefficient (Wildman–Crippen LogP) is 4.80. The lowest BCUT2D eigenvalue weighted by molar-refractivity contribution is -0.140. The maximum absolute atomic E-state index is 14.7. The van der Waals surface area contributed by atoms with Crippen molar-refractivity contribution < 1.29 is 22.4 Å². The smallest absolute Gasteiger partial charge is 0.244 e. The van der Waals surface area contributed by atoms with Crippen LogP contribution in [0.5, 0.6) is 0 Å². The number of carbonyl (C=O) groups is 2. The highest BCUT2D eigenvalue weighted by Crippen LogP contribution is 2.23. The van der Waals surface area contributed by atoms with E-state index in [0.717, 1.165) is 22.2 Å². The standard InChI is InChI=1S/C29H33ClFN3O4S/c1-4-21(2)32-29(36)27(18-22-11-6-5-7-12-22)33(19-23-13-10-14-24(30)17-23)28(35)20-34(39(3,37)38)26-16-9-8-15-25(26)31/h5-17,21,27H,4,18-20H2,1-3H3,(H,32,36)/t21-,27+/m0/s1. The van der Waals surface area contributed by atoms with Crippen LogP contribution in [0.1, 0.15) is 31.4 Å². The molecule has 3 aromatic rings. The molecule has 0 saturated heterocycles. The second-order valence-electron chi connectivity index (χ2n) is 9.40. The number of carbonyl (C=O) groups excluding carboxylic acids is 2. The van der Waals surface area contributed by atoms with Crippen molar-refractivity contribution in [3.63, 3.8) is 0 Å². The molecule has 0 bridgehead atoms. The maximum Gasteiger partial charge on any atom is 0.244 e. The third kappa shape index (κ3) is 8.53. The number of para-hydroxylation sites is 1. The van der Waals surface area contributed by atoms with E-state index in [9.17, 15) is 22.4 Å². The van der Waals surface area contributed by atoms with Gasteiger partial charge in [0, 0.05) is 24.0 Å². The third-order valence-electron chi connectivity index (χ3n) is 6.31. The van der Waals surface area contributed by atoms with Crippen LogP contribution in [-0.2, 0) is 32.6 Å². The average Bonchev–Trinajstić information content (AvgIpc) is 2.89. The van der Waals surface area contributed by atoms with Crippen LogP contribution in [0.25, 0.3) is 0 Å². The Kier molecular flexibility index (Phi) is 10.5. The quantitative estimate of drug-likeness (QED) is 0.337. The topological polar surface area (TPSA) is 86.8 Å². The summed E-state index contributed by atoms with van der Waals surface area (Å²) in [5.41, 5.74) is 1.22. The van der Waals surface area contributed by atoms with Crippen LogP contribution in [0.15, 0.2) is 78.9 Å². The van der Waals surface area contributed by atoms with Crippen molar-refractivity contribution in [2.45, 2.75) is 45.3 Å². The van der Waals surface area contributed by atoms with Gasteiger partial charge in [0.1, 0.15) is 18.4 Å². The normalized spacial score (nSPS) is 12.8. The lowest BCUT2D eigenvalue weighted by atomic mass is 10.0. The molecule has 3 aromatic carbocycles. The van der Waals surface area contributed by atoms with Crippen molar-refractivity contribution in [3.05, 3.63) is 101 Å². The summed E-state index contributed by atoms with van der Waals surface area (Å²) in [7, 11) is -4.05. The number of hydrogen-bond donors (Lipinski definition) is 1. The summed E-state index contributed by atoms with van der Waals surface area (Å²) in [6.45, 7) is 3.09. The van der Waals surface area contributed by atoms with Crippen molar-refractivity contribution in [2.24, 2.45) is 0 Å². The minimum atomic E-state index is -4.05. The summed E-state index contributed by atoms with van der Waals surface area (Å²) < 4.78 is 40.8. The van der Waals surface area contributed by atoms with E-state index in [-0.39, 0.29) is 30.6 Å². The van der Waals surface area contributed by atoms with Crippen molar-refractivity contribution in [2.75, 3.05) is 17.1 Å². The van der Waals surface area contributed by atoms with E-state index in [1.807, 2.05) is 44.2 Å². The van der Waals surface area contributed by atoms with Gasteiger partial charge < -0.3 is 10.2 Å². The van der Waals surface area contributed by atoms with Crippen LogP contribution in [0.2, 0.25) is 5.02 Å².